The third-order valence-electron chi connectivity index (χ3n) is 4.16. The molecule has 0 N–H and O–H groups in total. The number of aryl methyl sites for hydroxylation is 1. The molecule has 0 aliphatic rings. The summed E-state index contributed by atoms with van der Waals surface area (Å²) in [5, 5.41) is 0. The largest absolute Gasteiger partial charge is 0.207 e. The van der Waals surface area contributed by atoms with E-state index >= 15 is 0 Å². The fraction of sp³-hybridized carbons (Fsp3) is 0.400. The van der Waals surface area contributed by atoms with E-state index in [-0.39, 0.29) is 5.82 Å². The molecule has 0 aromatic heterocycles. The second kappa shape index (κ2) is 6.43. The van der Waals surface area contributed by atoms with Gasteiger partial charge in [-0.2, -0.15) is 0 Å². The summed E-state index contributed by atoms with van der Waals surface area (Å²) in [7, 11) is 0. The van der Waals surface area contributed by atoms with Gasteiger partial charge in [0.05, 0.1) is 0 Å². The minimum Gasteiger partial charge on any atom is -0.207 e. The van der Waals surface area contributed by atoms with Crippen LogP contribution in [-0.4, -0.2) is 0 Å². The predicted octanol–water partition coefficient (Wildman–Crippen LogP) is 5.70. The maximum absolute atomic E-state index is 13.0. The van der Waals surface area contributed by atoms with Crippen molar-refractivity contribution in [2.24, 2.45) is 5.41 Å². The lowest BCUT2D eigenvalue weighted by Crippen LogP contribution is -2.13. The van der Waals surface area contributed by atoms with E-state index in [2.05, 4.69) is 45.9 Å². The molecule has 21 heavy (non-hydrogen) atoms. The Morgan fingerprint density at radius 1 is 0.905 bits per heavy atom. The van der Waals surface area contributed by atoms with E-state index in [0.717, 1.165) is 18.4 Å². The Kier molecular flexibility index (Phi) is 4.82. The summed E-state index contributed by atoms with van der Waals surface area (Å²) < 4.78 is 13.0. The Morgan fingerprint density at radius 2 is 1.52 bits per heavy atom. The van der Waals surface area contributed by atoms with Crippen molar-refractivity contribution in [3.05, 3.63) is 70.5 Å². The van der Waals surface area contributed by atoms with Gasteiger partial charge in [0.15, 0.2) is 0 Å². The average Bonchev–Trinajstić information content (AvgIpc) is 2.40. The lowest BCUT2D eigenvalue weighted by atomic mass is 9.82. The molecule has 0 atom stereocenters. The Hall–Kier alpha value is -1.63. The third-order valence-corrected chi connectivity index (χ3v) is 4.16. The molecule has 0 heterocycles. The Balaban J connectivity index is 2.20. The van der Waals surface area contributed by atoms with Crippen molar-refractivity contribution in [3.8, 4) is 0 Å². The Bertz CT molecular complexity index is 594. The fourth-order valence-corrected chi connectivity index (χ4v) is 2.67. The van der Waals surface area contributed by atoms with E-state index in [0.29, 0.717) is 5.41 Å². The van der Waals surface area contributed by atoms with E-state index < -0.39 is 0 Å². The van der Waals surface area contributed by atoms with Crippen molar-refractivity contribution in [2.75, 3.05) is 0 Å². The molecule has 2 rings (SSSR count). The van der Waals surface area contributed by atoms with E-state index in [1.54, 1.807) is 0 Å². The van der Waals surface area contributed by atoms with Crippen LogP contribution in [0.2, 0.25) is 0 Å². The highest BCUT2D eigenvalue weighted by atomic mass is 19.1. The molecule has 0 amide bonds. The first kappa shape index (κ1) is 15.8. The molecule has 112 valence electrons. The monoisotopic (exact) mass is 284 g/mol. The van der Waals surface area contributed by atoms with Crippen LogP contribution in [0.25, 0.3) is 0 Å². The van der Waals surface area contributed by atoms with Gasteiger partial charge in [-0.25, -0.2) is 4.39 Å². The molecule has 2 aromatic rings. The molecule has 0 radical (unpaired) electrons. The van der Waals surface area contributed by atoms with Crippen molar-refractivity contribution in [3.63, 3.8) is 0 Å². The molecule has 0 saturated heterocycles. The zero-order valence-corrected chi connectivity index (χ0v) is 13.5. The van der Waals surface area contributed by atoms with E-state index in [1.165, 1.54) is 35.2 Å². The molecular formula is C20H25F. The Morgan fingerprint density at radius 3 is 2.14 bits per heavy atom. The van der Waals surface area contributed by atoms with Crippen LogP contribution in [0.3, 0.4) is 0 Å². The van der Waals surface area contributed by atoms with Crippen molar-refractivity contribution in [2.45, 2.75) is 47.0 Å². The molecule has 0 unspecified atom stereocenters. The topological polar surface area (TPSA) is 0 Å². The van der Waals surface area contributed by atoms with Crippen LogP contribution in [-0.2, 0) is 12.8 Å². The highest BCUT2D eigenvalue weighted by Gasteiger charge is 2.16. The summed E-state index contributed by atoms with van der Waals surface area (Å²) >= 11 is 0. The van der Waals surface area contributed by atoms with Gasteiger partial charge in [0, 0.05) is 0 Å². The molecule has 2 aromatic carbocycles. The SMILES string of the molecule is CCC(C)(C)Cc1cc(C)cc(Cc2ccc(F)cc2)c1. The predicted molar refractivity (Wildman–Crippen MR) is 88.2 cm³/mol. The smallest absolute Gasteiger partial charge is 0.123 e. The highest BCUT2D eigenvalue weighted by molar-refractivity contribution is 5.34. The first-order valence-electron chi connectivity index (χ1n) is 7.72. The summed E-state index contributed by atoms with van der Waals surface area (Å²) in [6.07, 6.45) is 3.14. The number of benzene rings is 2. The summed E-state index contributed by atoms with van der Waals surface area (Å²) in [6.45, 7) is 9.02. The second-order valence-electron chi connectivity index (χ2n) is 6.82. The van der Waals surface area contributed by atoms with Gasteiger partial charge in [0.25, 0.3) is 0 Å². The number of halogens is 1. The molecule has 0 spiro atoms. The van der Waals surface area contributed by atoms with E-state index in [1.807, 2.05) is 12.1 Å². The normalized spacial score (nSPS) is 11.7. The van der Waals surface area contributed by atoms with Gasteiger partial charge in [-0.3, -0.25) is 0 Å². The first-order chi connectivity index (χ1) is 9.88. The van der Waals surface area contributed by atoms with Crippen LogP contribution in [0, 0.1) is 18.2 Å². The van der Waals surface area contributed by atoms with Gasteiger partial charge in [-0.05, 0) is 54.0 Å². The van der Waals surface area contributed by atoms with Gasteiger partial charge in [-0.15, -0.1) is 0 Å². The number of hydrogen-bond acceptors (Lipinski definition) is 0. The minimum atomic E-state index is -0.173. The lowest BCUT2D eigenvalue weighted by molar-refractivity contribution is 0.349. The third kappa shape index (κ3) is 4.70. The summed E-state index contributed by atoms with van der Waals surface area (Å²) in [4.78, 5) is 0. The molecule has 0 aliphatic carbocycles. The van der Waals surface area contributed by atoms with Gasteiger partial charge in [-0.1, -0.05) is 63.1 Å². The van der Waals surface area contributed by atoms with E-state index in [9.17, 15) is 4.39 Å². The van der Waals surface area contributed by atoms with Crippen molar-refractivity contribution < 1.29 is 4.39 Å². The minimum absolute atomic E-state index is 0.173. The fourth-order valence-electron chi connectivity index (χ4n) is 2.67. The van der Waals surface area contributed by atoms with Crippen LogP contribution in [0.15, 0.2) is 42.5 Å². The van der Waals surface area contributed by atoms with Gasteiger partial charge < -0.3 is 0 Å². The summed E-state index contributed by atoms with van der Waals surface area (Å²) in [6, 6.07) is 13.6. The summed E-state index contributed by atoms with van der Waals surface area (Å²) in [5.41, 5.74) is 5.50. The number of hydrogen-bond donors (Lipinski definition) is 0. The molecule has 0 nitrogen and oxygen atoms in total. The first-order valence-corrected chi connectivity index (χ1v) is 7.72. The summed E-state index contributed by atoms with van der Waals surface area (Å²) in [5.74, 6) is -0.173. The van der Waals surface area contributed by atoms with Crippen LogP contribution >= 0.6 is 0 Å². The molecule has 1 heteroatoms. The number of rotatable bonds is 5. The van der Waals surface area contributed by atoms with Crippen LogP contribution in [0.5, 0.6) is 0 Å². The quantitative estimate of drug-likeness (QED) is 0.660. The van der Waals surface area contributed by atoms with Gasteiger partial charge in [0.1, 0.15) is 5.82 Å². The molecular weight excluding hydrogens is 259 g/mol. The van der Waals surface area contributed by atoms with Crippen LogP contribution in [0.4, 0.5) is 4.39 Å². The van der Waals surface area contributed by atoms with Gasteiger partial charge in [0.2, 0.25) is 0 Å². The van der Waals surface area contributed by atoms with Crippen molar-refractivity contribution >= 4 is 0 Å². The Labute approximate surface area is 128 Å². The van der Waals surface area contributed by atoms with Crippen LogP contribution in [0.1, 0.15) is 49.4 Å². The molecule has 0 bridgehead atoms. The van der Waals surface area contributed by atoms with Crippen molar-refractivity contribution in [1.82, 2.24) is 0 Å². The standard InChI is InChI=1S/C20H25F/c1-5-20(3,4)14-18-11-15(2)10-17(13-18)12-16-6-8-19(21)9-7-16/h6-11,13H,5,12,14H2,1-4H3. The van der Waals surface area contributed by atoms with Crippen LogP contribution < -0.4 is 0 Å². The molecule has 0 saturated carbocycles. The maximum atomic E-state index is 13.0. The average molecular weight is 284 g/mol. The zero-order chi connectivity index (χ0) is 15.5. The van der Waals surface area contributed by atoms with E-state index in [4.69, 9.17) is 0 Å². The maximum Gasteiger partial charge on any atom is 0.123 e. The van der Waals surface area contributed by atoms with Crippen molar-refractivity contribution in [1.29, 1.82) is 0 Å². The highest BCUT2D eigenvalue weighted by Crippen LogP contribution is 2.27. The van der Waals surface area contributed by atoms with Gasteiger partial charge >= 0.3 is 0 Å². The molecule has 0 aliphatic heterocycles. The second-order valence-corrected chi connectivity index (χ2v) is 6.82. The molecule has 0 fully saturated rings. The lowest BCUT2D eigenvalue weighted by Gasteiger charge is -2.23. The zero-order valence-electron chi connectivity index (χ0n) is 13.5.